The number of anilines is 1. The van der Waals surface area contributed by atoms with Crippen LogP contribution in [0.4, 0.5) is 36.8 Å². The van der Waals surface area contributed by atoms with E-state index in [4.69, 9.17) is 0 Å². The molecule has 0 aromatic heterocycles. The SMILES string of the molecule is CN(C=O)C[C@@H](CC1CCCC1)C(=O)N1CCCCN1.CN(C=O)C[C@@H](CC1CCCC1)C(=O)N1CCCCN1C(=O)Nc1cc(C(F)(F)F)cc(C(F)(F)F)c1. The lowest BCUT2D eigenvalue weighted by Gasteiger charge is -2.40. The third-order valence-corrected chi connectivity index (χ3v) is 11.2. The van der Waals surface area contributed by atoms with E-state index in [0.717, 1.165) is 69.5 Å². The molecule has 0 radical (unpaired) electrons. The summed E-state index contributed by atoms with van der Waals surface area (Å²) in [5, 5.41) is 6.12. The summed E-state index contributed by atoms with van der Waals surface area (Å²) in [6.07, 6.45) is 5.05. The lowest BCUT2D eigenvalue weighted by molar-refractivity contribution is -0.152. The average molecular weight is 818 g/mol. The van der Waals surface area contributed by atoms with E-state index in [-0.39, 0.29) is 37.5 Å². The lowest BCUT2D eigenvalue weighted by Crippen LogP contribution is -2.57. The number of amides is 6. The van der Waals surface area contributed by atoms with Gasteiger partial charge in [0.05, 0.1) is 23.0 Å². The minimum atomic E-state index is -5.06. The van der Waals surface area contributed by atoms with Crippen LogP contribution in [0.15, 0.2) is 18.2 Å². The number of hydrogen-bond acceptors (Lipinski definition) is 6. The van der Waals surface area contributed by atoms with Crippen LogP contribution in [0.25, 0.3) is 0 Å². The number of alkyl halides is 6. The van der Waals surface area contributed by atoms with Gasteiger partial charge in [0.25, 0.3) is 0 Å². The molecule has 1 aromatic carbocycles. The van der Waals surface area contributed by atoms with Crippen molar-refractivity contribution in [2.75, 3.05) is 58.7 Å². The molecule has 12 nitrogen and oxygen atoms in total. The molecule has 2 aliphatic heterocycles. The van der Waals surface area contributed by atoms with Crippen molar-refractivity contribution < 1.29 is 50.3 Å². The summed E-state index contributed by atoms with van der Waals surface area (Å²) in [5.41, 5.74) is -0.610. The maximum absolute atomic E-state index is 13.5. The van der Waals surface area contributed by atoms with Crippen LogP contribution < -0.4 is 10.7 Å². The molecule has 5 rings (SSSR count). The molecule has 57 heavy (non-hydrogen) atoms. The third kappa shape index (κ3) is 13.8. The summed E-state index contributed by atoms with van der Waals surface area (Å²) in [5.74, 6) is 0.0671. The van der Waals surface area contributed by atoms with Crippen LogP contribution in [0.1, 0.15) is 101 Å². The molecular formula is C39H57F6N7O5. The van der Waals surface area contributed by atoms with E-state index in [9.17, 15) is 50.3 Å². The van der Waals surface area contributed by atoms with E-state index >= 15 is 0 Å². The van der Waals surface area contributed by atoms with Gasteiger partial charge in [-0.05, 0) is 68.6 Å². The fourth-order valence-electron chi connectivity index (χ4n) is 8.31. The van der Waals surface area contributed by atoms with Gasteiger partial charge in [-0.1, -0.05) is 51.4 Å². The average Bonchev–Trinajstić information content (AvgIpc) is 3.91. The molecule has 0 spiro atoms. The number of hydrazine groups is 2. The summed E-state index contributed by atoms with van der Waals surface area (Å²) < 4.78 is 79.3. The monoisotopic (exact) mass is 817 g/mol. The van der Waals surface area contributed by atoms with Crippen molar-refractivity contribution in [3.05, 3.63) is 29.3 Å². The number of rotatable bonds is 13. The number of urea groups is 1. The van der Waals surface area contributed by atoms with Crippen LogP contribution in [0.3, 0.4) is 0 Å². The number of benzene rings is 1. The first-order valence-corrected chi connectivity index (χ1v) is 20.0. The van der Waals surface area contributed by atoms with Gasteiger partial charge in [0.2, 0.25) is 24.6 Å². The topological polar surface area (TPSA) is 126 Å². The molecule has 1 aromatic rings. The number of halogens is 6. The van der Waals surface area contributed by atoms with Crippen molar-refractivity contribution in [2.45, 2.75) is 102 Å². The molecule has 0 bridgehead atoms. The van der Waals surface area contributed by atoms with Crippen molar-refractivity contribution in [3.63, 3.8) is 0 Å². The molecule has 4 fully saturated rings. The van der Waals surface area contributed by atoms with Crippen molar-refractivity contribution in [3.8, 4) is 0 Å². The Morgan fingerprint density at radius 2 is 1.16 bits per heavy atom. The van der Waals surface area contributed by atoms with E-state index in [0.29, 0.717) is 56.2 Å². The Hall–Kier alpha value is -4.09. The first-order chi connectivity index (χ1) is 27.0. The van der Waals surface area contributed by atoms with Gasteiger partial charge in [-0.25, -0.2) is 20.2 Å². The third-order valence-electron chi connectivity index (χ3n) is 11.2. The fraction of sp³-hybridized carbons (Fsp3) is 0.718. The predicted molar refractivity (Wildman–Crippen MR) is 200 cm³/mol. The Balaban J connectivity index is 0.000000302. The van der Waals surface area contributed by atoms with Gasteiger partial charge in [0.15, 0.2) is 0 Å². The minimum absolute atomic E-state index is 0.0243. The minimum Gasteiger partial charge on any atom is -0.348 e. The second-order valence-corrected chi connectivity index (χ2v) is 15.9. The van der Waals surface area contributed by atoms with E-state index in [1.165, 1.54) is 42.6 Å². The van der Waals surface area contributed by atoms with Gasteiger partial charge < -0.3 is 15.1 Å². The highest BCUT2D eigenvalue weighted by Gasteiger charge is 2.39. The zero-order chi connectivity index (χ0) is 41.8. The largest absolute Gasteiger partial charge is 0.416 e. The van der Waals surface area contributed by atoms with Gasteiger partial charge in [0, 0.05) is 59.1 Å². The molecule has 2 atom stereocenters. The van der Waals surface area contributed by atoms with Gasteiger partial charge in [-0.2, -0.15) is 26.3 Å². The predicted octanol–water partition coefficient (Wildman–Crippen LogP) is 6.78. The quantitative estimate of drug-likeness (QED) is 0.167. The van der Waals surface area contributed by atoms with Crippen molar-refractivity contribution in [1.29, 1.82) is 0 Å². The first-order valence-electron chi connectivity index (χ1n) is 20.0. The highest BCUT2D eigenvalue weighted by Crippen LogP contribution is 2.38. The molecule has 4 aliphatic rings. The molecule has 2 N–H and O–H groups in total. The highest BCUT2D eigenvalue weighted by atomic mass is 19.4. The maximum Gasteiger partial charge on any atom is 0.416 e. The van der Waals surface area contributed by atoms with E-state index in [1.54, 1.807) is 17.0 Å². The van der Waals surface area contributed by atoms with Crippen LogP contribution >= 0.6 is 0 Å². The van der Waals surface area contributed by atoms with E-state index < -0.39 is 47.0 Å². The van der Waals surface area contributed by atoms with E-state index in [1.807, 2.05) is 0 Å². The standard InChI is InChI=1S/C24H30F6N4O3.C15H27N3O2/c1-32(15-35)14-17(10-16-6-2-3-7-16)21(36)33-8-4-5-9-34(33)22(37)31-20-12-18(23(25,26)27)11-19(13-20)24(28,29)30;1-17(12-19)11-14(10-13-6-2-3-7-13)15(20)18-9-5-4-8-16-18/h11-13,15-17H,2-10,14H2,1H3,(H,31,37);12-14,16H,2-11H2,1H3/t17-;14-/m11/s1. The Morgan fingerprint density at radius 3 is 1.60 bits per heavy atom. The van der Waals surface area contributed by atoms with Gasteiger partial charge >= 0.3 is 18.4 Å². The summed E-state index contributed by atoms with van der Waals surface area (Å²) in [6.45, 7) is 2.57. The molecule has 18 heteroatoms. The Morgan fingerprint density at radius 1 is 0.702 bits per heavy atom. The van der Waals surface area contributed by atoms with Crippen molar-refractivity contribution in [1.82, 2.24) is 30.3 Å². The molecule has 2 heterocycles. The molecule has 6 amide bonds. The van der Waals surface area contributed by atoms with Gasteiger partial charge in [-0.3, -0.25) is 24.2 Å². The van der Waals surface area contributed by atoms with Crippen LogP contribution in [0, 0.1) is 23.7 Å². The fourth-order valence-corrected chi connectivity index (χ4v) is 8.31. The van der Waals surface area contributed by atoms with E-state index in [2.05, 4.69) is 10.7 Å². The number of carbonyl (C=O) groups is 5. The summed E-state index contributed by atoms with van der Waals surface area (Å²) in [6, 6.07) is -0.191. The summed E-state index contributed by atoms with van der Waals surface area (Å²) in [7, 11) is 3.29. The number of nitrogens with one attached hydrogen (secondary N) is 2. The molecular weight excluding hydrogens is 760 g/mol. The molecule has 2 saturated heterocycles. The molecule has 0 unspecified atom stereocenters. The van der Waals surface area contributed by atoms with Crippen molar-refractivity contribution >= 4 is 36.4 Å². The van der Waals surface area contributed by atoms with Crippen LogP contribution in [-0.2, 0) is 31.5 Å². The zero-order valence-electron chi connectivity index (χ0n) is 32.9. The van der Waals surface area contributed by atoms with Crippen LogP contribution in [-0.4, -0.2) is 109 Å². The number of hydrogen-bond donors (Lipinski definition) is 2. The van der Waals surface area contributed by atoms with Gasteiger partial charge in [0.1, 0.15) is 0 Å². The Bertz CT molecular complexity index is 1460. The Labute approximate surface area is 330 Å². The second-order valence-electron chi connectivity index (χ2n) is 15.9. The smallest absolute Gasteiger partial charge is 0.348 e. The summed E-state index contributed by atoms with van der Waals surface area (Å²) in [4.78, 5) is 64.3. The Kier molecular flexibility index (Phi) is 16.9. The lowest BCUT2D eigenvalue weighted by atomic mass is 9.91. The second kappa shape index (κ2) is 21.1. The molecule has 2 aliphatic carbocycles. The van der Waals surface area contributed by atoms with Gasteiger partial charge in [-0.15, -0.1) is 0 Å². The van der Waals surface area contributed by atoms with Crippen LogP contribution in [0.5, 0.6) is 0 Å². The molecule has 320 valence electrons. The zero-order valence-corrected chi connectivity index (χ0v) is 32.9. The van der Waals surface area contributed by atoms with Crippen molar-refractivity contribution in [2.24, 2.45) is 23.7 Å². The first kappa shape index (κ1) is 45.6. The normalized spacial score (nSPS) is 19.3. The summed E-state index contributed by atoms with van der Waals surface area (Å²) >= 11 is 0. The number of carbonyl (C=O) groups excluding carboxylic acids is 5. The van der Waals surface area contributed by atoms with Crippen LogP contribution in [0.2, 0.25) is 0 Å². The maximum atomic E-state index is 13.5. The highest BCUT2D eigenvalue weighted by molar-refractivity contribution is 5.92. The molecule has 2 saturated carbocycles. The number of nitrogens with zero attached hydrogens (tertiary/aromatic N) is 5.